The summed E-state index contributed by atoms with van der Waals surface area (Å²) in [6, 6.07) is 14.3. The van der Waals surface area contributed by atoms with Crippen LogP contribution in [0.5, 0.6) is 0 Å². The van der Waals surface area contributed by atoms with Gasteiger partial charge in [-0.05, 0) is 48.6 Å². The first-order valence-electron chi connectivity index (χ1n) is 11.2. The highest BCUT2D eigenvalue weighted by Crippen LogP contribution is 2.30. The monoisotopic (exact) mass is 421 g/mol. The predicted molar refractivity (Wildman–Crippen MR) is 122 cm³/mol. The number of hydrogen-bond acceptors (Lipinski definition) is 4. The summed E-state index contributed by atoms with van der Waals surface area (Å²) >= 11 is 0. The quantitative estimate of drug-likeness (QED) is 0.742. The van der Waals surface area contributed by atoms with Gasteiger partial charge in [-0.3, -0.25) is 9.59 Å². The van der Waals surface area contributed by atoms with Gasteiger partial charge in [0.1, 0.15) is 6.61 Å². The zero-order valence-electron chi connectivity index (χ0n) is 18.2. The topological polar surface area (TPSA) is 70.7 Å². The molecule has 1 saturated carbocycles. The van der Waals surface area contributed by atoms with Gasteiger partial charge >= 0.3 is 0 Å². The number of benzene rings is 2. The molecule has 2 aromatic carbocycles. The second kappa shape index (κ2) is 9.96. The Morgan fingerprint density at radius 1 is 1.06 bits per heavy atom. The van der Waals surface area contributed by atoms with Gasteiger partial charge in [0.15, 0.2) is 0 Å². The van der Waals surface area contributed by atoms with Gasteiger partial charge in [0.25, 0.3) is 5.91 Å². The maximum Gasteiger partial charge on any atom is 0.253 e. The van der Waals surface area contributed by atoms with E-state index < -0.39 is 0 Å². The Labute approximate surface area is 184 Å². The van der Waals surface area contributed by atoms with Gasteiger partial charge in [0, 0.05) is 37.6 Å². The minimum Gasteiger partial charge on any atom is -0.375 e. The summed E-state index contributed by atoms with van der Waals surface area (Å²) in [5.74, 6) is -0.301. The van der Waals surface area contributed by atoms with Gasteiger partial charge in [0.2, 0.25) is 5.91 Å². The van der Waals surface area contributed by atoms with Crippen molar-refractivity contribution in [3.63, 3.8) is 0 Å². The van der Waals surface area contributed by atoms with Crippen LogP contribution >= 0.6 is 0 Å². The number of hydrogen-bond donors (Lipinski definition) is 2. The minimum atomic E-state index is -0.235. The number of amides is 2. The number of fused-ring (bicyclic) bond motifs is 1. The number of nitrogens with zero attached hydrogens (tertiary/aromatic N) is 1. The standard InChI is InChI=1S/C25H31N3O3/c1-31-17-24(29)26-21-11-12-23(28-14-13-18-7-5-6-8-19(18)16-28)22(15-21)25(30)27-20-9-3-2-4-10-20/h5-8,11-12,15,20H,2-4,9-10,13-14,16-17H2,1H3,(H,26,29)(H,27,30). The van der Waals surface area contributed by atoms with Crippen molar-refractivity contribution in [3.05, 3.63) is 59.2 Å². The summed E-state index contributed by atoms with van der Waals surface area (Å²) in [6.45, 7) is 1.61. The number of carbonyl (C=O) groups is 2. The van der Waals surface area contributed by atoms with E-state index in [1.54, 1.807) is 6.07 Å². The smallest absolute Gasteiger partial charge is 0.253 e. The third-order valence-electron chi connectivity index (χ3n) is 6.21. The van der Waals surface area contributed by atoms with Crippen LogP contribution in [-0.4, -0.2) is 38.1 Å². The van der Waals surface area contributed by atoms with E-state index in [1.165, 1.54) is 24.7 Å². The molecule has 2 amide bonds. The maximum atomic E-state index is 13.3. The first kappa shape index (κ1) is 21.4. The van der Waals surface area contributed by atoms with E-state index >= 15 is 0 Å². The molecule has 1 heterocycles. The van der Waals surface area contributed by atoms with E-state index in [4.69, 9.17) is 4.74 Å². The van der Waals surface area contributed by atoms with Crippen LogP contribution in [0.1, 0.15) is 53.6 Å². The summed E-state index contributed by atoms with van der Waals surface area (Å²) in [5, 5.41) is 6.06. The molecule has 1 fully saturated rings. The first-order chi connectivity index (χ1) is 15.1. The van der Waals surface area contributed by atoms with Crippen LogP contribution in [0.2, 0.25) is 0 Å². The summed E-state index contributed by atoms with van der Waals surface area (Å²) in [7, 11) is 1.49. The molecule has 0 unspecified atom stereocenters. The normalized spacial score (nSPS) is 16.5. The fraction of sp³-hybridized carbons (Fsp3) is 0.440. The second-order valence-corrected chi connectivity index (χ2v) is 8.46. The molecule has 0 bridgehead atoms. The molecule has 4 rings (SSSR count). The number of methoxy groups -OCH3 is 1. The largest absolute Gasteiger partial charge is 0.375 e. The molecule has 2 N–H and O–H groups in total. The average Bonchev–Trinajstić information content (AvgIpc) is 2.79. The molecule has 1 aliphatic heterocycles. The highest BCUT2D eigenvalue weighted by Gasteiger charge is 2.24. The lowest BCUT2D eigenvalue weighted by atomic mass is 9.95. The minimum absolute atomic E-state index is 0.0196. The van der Waals surface area contributed by atoms with E-state index in [-0.39, 0.29) is 24.5 Å². The van der Waals surface area contributed by atoms with Crippen molar-refractivity contribution in [3.8, 4) is 0 Å². The summed E-state index contributed by atoms with van der Waals surface area (Å²) in [4.78, 5) is 27.6. The third kappa shape index (κ3) is 5.25. The van der Waals surface area contributed by atoms with Crippen molar-refractivity contribution in [2.24, 2.45) is 0 Å². The molecule has 0 atom stereocenters. The van der Waals surface area contributed by atoms with Crippen molar-refractivity contribution in [1.82, 2.24) is 5.32 Å². The lowest BCUT2D eigenvalue weighted by molar-refractivity contribution is -0.119. The molecule has 0 radical (unpaired) electrons. The second-order valence-electron chi connectivity index (χ2n) is 8.46. The summed E-state index contributed by atoms with van der Waals surface area (Å²) < 4.78 is 4.91. The van der Waals surface area contributed by atoms with Crippen molar-refractivity contribution in [1.29, 1.82) is 0 Å². The van der Waals surface area contributed by atoms with E-state index in [0.717, 1.165) is 50.9 Å². The molecule has 0 spiro atoms. The van der Waals surface area contributed by atoms with Gasteiger partial charge in [-0.25, -0.2) is 0 Å². The summed E-state index contributed by atoms with van der Waals surface area (Å²) in [5.41, 5.74) is 4.80. The molecule has 2 aromatic rings. The lowest BCUT2D eigenvalue weighted by Gasteiger charge is -2.32. The fourth-order valence-corrected chi connectivity index (χ4v) is 4.61. The fourth-order valence-electron chi connectivity index (χ4n) is 4.61. The molecular formula is C25H31N3O3. The lowest BCUT2D eigenvalue weighted by Crippen LogP contribution is -2.38. The Balaban J connectivity index is 1.60. The average molecular weight is 422 g/mol. The molecule has 2 aliphatic rings. The Morgan fingerprint density at radius 3 is 2.61 bits per heavy atom. The Bertz CT molecular complexity index is 937. The van der Waals surface area contributed by atoms with E-state index in [1.807, 2.05) is 12.1 Å². The van der Waals surface area contributed by atoms with Crippen molar-refractivity contribution < 1.29 is 14.3 Å². The van der Waals surface area contributed by atoms with Crippen LogP contribution in [0.3, 0.4) is 0 Å². The van der Waals surface area contributed by atoms with Crippen LogP contribution < -0.4 is 15.5 Å². The number of carbonyl (C=O) groups excluding carboxylic acids is 2. The Morgan fingerprint density at radius 2 is 1.84 bits per heavy atom. The molecule has 6 nitrogen and oxygen atoms in total. The van der Waals surface area contributed by atoms with Crippen molar-refractivity contribution in [2.45, 2.75) is 51.1 Å². The molecular weight excluding hydrogens is 390 g/mol. The Kier molecular flexibility index (Phi) is 6.87. The van der Waals surface area contributed by atoms with Gasteiger partial charge in [-0.15, -0.1) is 0 Å². The van der Waals surface area contributed by atoms with Gasteiger partial charge in [-0.2, -0.15) is 0 Å². The molecule has 6 heteroatoms. The van der Waals surface area contributed by atoms with Crippen LogP contribution in [-0.2, 0) is 22.5 Å². The van der Waals surface area contributed by atoms with E-state index in [9.17, 15) is 9.59 Å². The zero-order chi connectivity index (χ0) is 21.6. The molecule has 0 aromatic heterocycles. The number of nitrogens with one attached hydrogen (secondary N) is 2. The molecule has 31 heavy (non-hydrogen) atoms. The van der Waals surface area contributed by atoms with E-state index in [2.05, 4.69) is 39.8 Å². The predicted octanol–water partition coefficient (Wildman–Crippen LogP) is 3.90. The van der Waals surface area contributed by atoms with Gasteiger partial charge in [0.05, 0.1) is 5.56 Å². The third-order valence-corrected chi connectivity index (χ3v) is 6.21. The van der Waals surface area contributed by atoms with Crippen LogP contribution in [0.15, 0.2) is 42.5 Å². The molecule has 0 saturated heterocycles. The maximum absolute atomic E-state index is 13.3. The van der Waals surface area contributed by atoms with Crippen LogP contribution in [0.4, 0.5) is 11.4 Å². The molecule has 164 valence electrons. The SMILES string of the molecule is COCC(=O)Nc1ccc(N2CCc3ccccc3C2)c(C(=O)NC2CCCCC2)c1. The highest BCUT2D eigenvalue weighted by molar-refractivity contribution is 6.02. The highest BCUT2D eigenvalue weighted by atomic mass is 16.5. The van der Waals surface area contributed by atoms with Crippen molar-refractivity contribution >= 4 is 23.2 Å². The number of anilines is 2. The van der Waals surface area contributed by atoms with Crippen LogP contribution in [0, 0.1) is 0 Å². The van der Waals surface area contributed by atoms with Crippen LogP contribution in [0.25, 0.3) is 0 Å². The first-order valence-corrected chi connectivity index (χ1v) is 11.2. The zero-order valence-corrected chi connectivity index (χ0v) is 18.2. The van der Waals surface area contributed by atoms with Gasteiger partial charge in [-0.1, -0.05) is 43.5 Å². The Hall–Kier alpha value is -2.86. The molecule has 1 aliphatic carbocycles. The van der Waals surface area contributed by atoms with E-state index in [0.29, 0.717) is 11.3 Å². The van der Waals surface area contributed by atoms with Gasteiger partial charge < -0.3 is 20.3 Å². The number of ether oxygens (including phenoxy) is 1. The van der Waals surface area contributed by atoms with Crippen molar-refractivity contribution in [2.75, 3.05) is 30.5 Å². The number of rotatable bonds is 6. The summed E-state index contributed by atoms with van der Waals surface area (Å²) in [6.07, 6.45) is 6.57.